The van der Waals surface area contributed by atoms with Crippen LogP contribution in [0, 0.1) is 0 Å². The first kappa shape index (κ1) is 11.3. The number of halogens is 3. The van der Waals surface area contributed by atoms with E-state index in [4.69, 9.17) is 10.7 Å². The van der Waals surface area contributed by atoms with Gasteiger partial charge in [-0.2, -0.15) is 0 Å². The largest absolute Gasteiger partial charge is 0.505 e. The molecule has 1 rings (SSSR count). The molecule has 0 aliphatic heterocycles. The van der Waals surface area contributed by atoms with Crippen LogP contribution in [0.15, 0.2) is 26.0 Å². The van der Waals surface area contributed by atoms with E-state index in [9.17, 15) is 13.5 Å². The van der Waals surface area contributed by atoms with Gasteiger partial charge in [-0.1, -0.05) is 15.9 Å². The molecule has 0 radical (unpaired) electrons. The van der Waals surface area contributed by atoms with Crippen molar-refractivity contribution < 1.29 is 13.5 Å². The zero-order chi connectivity index (χ0) is 10.2. The lowest BCUT2D eigenvalue weighted by atomic mass is 10.3. The predicted octanol–water partition coefficient (Wildman–Crippen LogP) is 2.84. The number of hydrogen-bond donors (Lipinski definition) is 1. The summed E-state index contributed by atoms with van der Waals surface area (Å²) in [7, 11) is 1.16. The standard InChI is InChI=1S/C6H3Br2ClO3S/c7-3-1-4(8)6(10)5(2-3)13(9,11)12/h1-2,10H. The lowest BCUT2D eigenvalue weighted by Gasteiger charge is -2.03. The minimum Gasteiger partial charge on any atom is -0.505 e. The summed E-state index contributed by atoms with van der Waals surface area (Å²) in [6, 6.07) is 2.74. The van der Waals surface area contributed by atoms with Crippen LogP contribution in [0.3, 0.4) is 0 Å². The Morgan fingerprint density at radius 1 is 1.31 bits per heavy atom. The maximum Gasteiger partial charge on any atom is 0.265 e. The summed E-state index contributed by atoms with van der Waals surface area (Å²) in [6.45, 7) is 0. The predicted molar refractivity (Wildman–Crippen MR) is 56.5 cm³/mol. The molecule has 0 fully saturated rings. The second kappa shape index (κ2) is 3.76. The minimum atomic E-state index is -3.92. The zero-order valence-corrected chi connectivity index (χ0v) is 10.7. The fraction of sp³-hybridized carbons (Fsp3) is 0. The van der Waals surface area contributed by atoms with Crippen molar-refractivity contribution >= 4 is 51.6 Å². The van der Waals surface area contributed by atoms with Crippen molar-refractivity contribution in [1.29, 1.82) is 0 Å². The highest BCUT2D eigenvalue weighted by Gasteiger charge is 2.18. The molecule has 0 spiro atoms. The van der Waals surface area contributed by atoms with Crippen molar-refractivity contribution in [1.82, 2.24) is 0 Å². The molecular weight excluding hydrogens is 347 g/mol. The lowest BCUT2D eigenvalue weighted by Crippen LogP contribution is -1.91. The molecule has 0 amide bonds. The average Bonchev–Trinajstić information content (AvgIpc) is 1.94. The normalized spacial score (nSPS) is 11.6. The van der Waals surface area contributed by atoms with E-state index in [0.717, 1.165) is 0 Å². The maximum absolute atomic E-state index is 10.9. The molecule has 1 aromatic rings. The Morgan fingerprint density at radius 3 is 2.31 bits per heavy atom. The van der Waals surface area contributed by atoms with Gasteiger partial charge in [-0.15, -0.1) is 0 Å². The van der Waals surface area contributed by atoms with Crippen LogP contribution in [-0.2, 0) is 9.05 Å². The molecule has 0 heterocycles. The van der Waals surface area contributed by atoms with Crippen molar-refractivity contribution in [3.8, 4) is 5.75 Å². The quantitative estimate of drug-likeness (QED) is 0.793. The van der Waals surface area contributed by atoms with E-state index in [1.807, 2.05) is 0 Å². The second-order valence-electron chi connectivity index (χ2n) is 2.17. The molecule has 72 valence electrons. The monoisotopic (exact) mass is 348 g/mol. The van der Waals surface area contributed by atoms with Gasteiger partial charge in [0.1, 0.15) is 10.6 Å². The summed E-state index contributed by atoms with van der Waals surface area (Å²) in [6.07, 6.45) is 0. The number of phenolic OH excluding ortho intramolecular Hbond substituents is 1. The third-order valence-electron chi connectivity index (χ3n) is 1.26. The van der Waals surface area contributed by atoms with Gasteiger partial charge in [-0.25, -0.2) is 8.42 Å². The molecule has 0 saturated heterocycles. The van der Waals surface area contributed by atoms with Gasteiger partial charge in [-0.3, -0.25) is 0 Å². The number of rotatable bonds is 1. The molecular formula is C6H3Br2ClO3S. The van der Waals surface area contributed by atoms with Gasteiger partial charge < -0.3 is 5.11 Å². The van der Waals surface area contributed by atoms with Crippen LogP contribution in [0.2, 0.25) is 0 Å². The van der Waals surface area contributed by atoms with Crippen molar-refractivity contribution in [2.45, 2.75) is 4.90 Å². The Hall–Kier alpha value is 0.220. The van der Waals surface area contributed by atoms with E-state index >= 15 is 0 Å². The smallest absolute Gasteiger partial charge is 0.265 e. The van der Waals surface area contributed by atoms with E-state index in [-0.39, 0.29) is 9.37 Å². The topological polar surface area (TPSA) is 54.4 Å². The molecule has 1 N–H and O–H groups in total. The maximum atomic E-state index is 10.9. The Morgan fingerprint density at radius 2 is 1.85 bits per heavy atom. The fourth-order valence-electron chi connectivity index (χ4n) is 0.728. The van der Waals surface area contributed by atoms with E-state index in [0.29, 0.717) is 4.47 Å². The van der Waals surface area contributed by atoms with Crippen LogP contribution in [0.5, 0.6) is 5.75 Å². The van der Waals surface area contributed by atoms with Gasteiger partial charge in [0, 0.05) is 15.2 Å². The summed E-state index contributed by atoms with van der Waals surface area (Å²) >= 11 is 6.06. The van der Waals surface area contributed by atoms with Gasteiger partial charge in [0.05, 0.1) is 4.47 Å². The Kier molecular flexibility index (Phi) is 3.27. The third kappa shape index (κ3) is 2.59. The van der Waals surface area contributed by atoms with Crippen LogP contribution in [-0.4, -0.2) is 13.5 Å². The van der Waals surface area contributed by atoms with E-state index in [1.54, 1.807) is 0 Å². The van der Waals surface area contributed by atoms with Crippen molar-refractivity contribution in [2.75, 3.05) is 0 Å². The molecule has 0 aromatic heterocycles. The van der Waals surface area contributed by atoms with Gasteiger partial charge in [-0.05, 0) is 28.1 Å². The third-order valence-corrected chi connectivity index (χ3v) is 3.65. The van der Waals surface area contributed by atoms with Crippen molar-refractivity contribution in [2.24, 2.45) is 0 Å². The average molecular weight is 350 g/mol. The van der Waals surface area contributed by atoms with Crippen molar-refractivity contribution in [3.63, 3.8) is 0 Å². The fourth-order valence-corrected chi connectivity index (χ4v) is 3.20. The van der Waals surface area contributed by atoms with E-state index < -0.39 is 14.8 Å². The molecule has 0 aliphatic rings. The highest BCUT2D eigenvalue weighted by Crippen LogP contribution is 2.35. The zero-order valence-electron chi connectivity index (χ0n) is 5.96. The Labute approximate surface area is 96.4 Å². The highest BCUT2D eigenvalue weighted by atomic mass is 79.9. The molecule has 0 atom stereocenters. The lowest BCUT2D eigenvalue weighted by molar-refractivity contribution is 0.456. The van der Waals surface area contributed by atoms with E-state index in [2.05, 4.69) is 31.9 Å². The molecule has 0 bridgehead atoms. The van der Waals surface area contributed by atoms with Crippen LogP contribution in [0.1, 0.15) is 0 Å². The summed E-state index contributed by atoms with van der Waals surface area (Å²) in [5, 5.41) is 9.33. The molecule has 3 nitrogen and oxygen atoms in total. The molecule has 13 heavy (non-hydrogen) atoms. The minimum absolute atomic E-state index is 0.265. The Balaban J connectivity index is 3.56. The molecule has 1 aromatic carbocycles. The summed E-state index contributed by atoms with van der Waals surface area (Å²) in [5.74, 6) is -0.391. The van der Waals surface area contributed by atoms with Crippen LogP contribution in [0.4, 0.5) is 0 Å². The van der Waals surface area contributed by atoms with Crippen LogP contribution >= 0.6 is 42.5 Å². The number of phenols is 1. The van der Waals surface area contributed by atoms with E-state index in [1.165, 1.54) is 12.1 Å². The van der Waals surface area contributed by atoms with Crippen molar-refractivity contribution in [3.05, 3.63) is 21.1 Å². The van der Waals surface area contributed by atoms with Gasteiger partial charge in [0.25, 0.3) is 9.05 Å². The molecule has 7 heteroatoms. The summed E-state index contributed by atoms with van der Waals surface area (Å²) < 4.78 is 22.6. The number of aromatic hydroxyl groups is 1. The SMILES string of the molecule is O=S(=O)(Cl)c1cc(Br)cc(Br)c1O. The van der Waals surface area contributed by atoms with Gasteiger partial charge in [0.2, 0.25) is 0 Å². The summed E-state index contributed by atoms with van der Waals surface area (Å²) in [4.78, 5) is -0.324. The summed E-state index contributed by atoms with van der Waals surface area (Å²) in [5.41, 5.74) is 0. The van der Waals surface area contributed by atoms with Gasteiger partial charge >= 0.3 is 0 Å². The first-order chi connectivity index (χ1) is 5.82. The molecule has 0 saturated carbocycles. The number of hydrogen-bond acceptors (Lipinski definition) is 3. The highest BCUT2D eigenvalue weighted by molar-refractivity contribution is 9.11. The first-order valence-corrected chi connectivity index (χ1v) is 6.84. The number of benzene rings is 1. The van der Waals surface area contributed by atoms with Gasteiger partial charge in [0.15, 0.2) is 0 Å². The Bertz CT molecular complexity index is 443. The molecule has 0 aliphatic carbocycles. The van der Waals surface area contributed by atoms with Crippen LogP contribution < -0.4 is 0 Å². The first-order valence-electron chi connectivity index (χ1n) is 2.95. The molecule has 0 unspecified atom stereocenters. The second-order valence-corrected chi connectivity index (χ2v) is 6.48. The van der Waals surface area contributed by atoms with Crippen LogP contribution in [0.25, 0.3) is 0 Å².